The maximum absolute atomic E-state index is 5.80. The molecule has 1 fully saturated rings. The van der Waals surface area contributed by atoms with Crippen LogP contribution in [0.3, 0.4) is 0 Å². The second kappa shape index (κ2) is 5.85. The van der Waals surface area contributed by atoms with E-state index in [1.54, 1.807) is 0 Å². The Bertz CT molecular complexity index is 546. The van der Waals surface area contributed by atoms with Gasteiger partial charge in [0.15, 0.2) is 0 Å². The first-order chi connectivity index (χ1) is 9.85. The summed E-state index contributed by atoms with van der Waals surface area (Å²) in [5.41, 5.74) is 2.63. The largest absolute Gasteiger partial charge is 0.381 e. The van der Waals surface area contributed by atoms with Crippen molar-refractivity contribution in [1.29, 1.82) is 0 Å². The summed E-state index contributed by atoms with van der Waals surface area (Å²) in [6, 6.07) is 10.3. The lowest BCUT2D eigenvalue weighted by Crippen LogP contribution is -2.39. The summed E-state index contributed by atoms with van der Waals surface area (Å²) in [6.45, 7) is 0. The van der Waals surface area contributed by atoms with Crippen molar-refractivity contribution in [3.05, 3.63) is 47.5 Å². The molecule has 2 unspecified atom stereocenters. The Morgan fingerprint density at radius 3 is 2.75 bits per heavy atom. The van der Waals surface area contributed by atoms with Crippen LogP contribution < -0.4 is 0 Å². The predicted octanol–water partition coefficient (Wildman–Crippen LogP) is 4.33. The first kappa shape index (κ1) is 13.5. The van der Waals surface area contributed by atoms with E-state index < -0.39 is 0 Å². The van der Waals surface area contributed by atoms with Crippen molar-refractivity contribution >= 4 is 0 Å². The highest BCUT2D eigenvalue weighted by molar-refractivity contribution is 5.45. The minimum atomic E-state index is 0.203. The first-order valence-electron chi connectivity index (χ1n) is 7.66. The molecular formula is C19H22O. The summed E-state index contributed by atoms with van der Waals surface area (Å²) in [5.74, 6) is 6.78. The average Bonchev–Trinajstić information content (AvgIpc) is 2.90. The molecule has 0 N–H and O–H groups in total. The molecule has 1 heteroatoms. The van der Waals surface area contributed by atoms with E-state index in [1.807, 2.05) is 25.3 Å². The Hall–Kier alpha value is -1.52. The zero-order chi connectivity index (χ0) is 13.8. The van der Waals surface area contributed by atoms with E-state index >= 15 is 0 Å². The van der Waals surface area contributed by atoms with E-state index in [9.17, 15) is 0 Å². The van der Waals surface area contributed by atoms with Crippen molar-refractivity contribution in [1.82, 2.24) is 0 Å². The van der Waals surface area contributed by atoms with Gasteiger partial charge in [0.1, 0.15) is 0 Å². The van der Waals surface area contributed by atoms with Gasteiger partial charge in [-0.3, -0.25) is 0 Å². The van der Waals surface area contributed by atoms with Crippen LogP contribution in [0, 0.1) is 17.3 Å². The van der Waals surface area contributed by atoms with Gasteiger partial charge in [-0.1, -0.05) is 49.0 Å². The molecule has 0 saturated heterocycles. The van der Waals surface area contributed by atoms with Gasteiger partial charge in [0.2, 0.25) is 0 Å². The van der Waals surface area contributed by atoms with Crippen LogP contribution in [-0.2, 0) is 4.74 Å². The minimum absolute atomic E-state index is 0.203. The van der Waals surface area contributed by atoms with Crippen molar-refractivity contribution in [3.63, 3.8) is 0 Å². The van der Waals surface area contributed by atoms with Crippen LogP contribution >= 0.6 is 0 Å². The molecule has 1 nitrogen and oxygen atoms in total. The maximum Gasteiger partial charge on any atom is 0.0674 e. The number of ether oxygens (including phenoxy) is 1. The van der Waals surface area contributed by atoms with Gasteiger partial charge in [-0.2, -0.15) is 0 Å². The summed E-state index contributed by atoms with van der Waals surface area (Å²) >= 11 is 0. The van der Waals surface area contributed by atoms with Crippen molar-refractivity contribution in [2.75, 3.05) is 7.11 Å². The summed E-state index contributed by atoms with van der Waals surface area (Å²) < 4.78 is 5.80. The van der Waals surface area contributed by atoms with Crippen LogP contribution in [0.2, 0.25) is 0 Å². The van der Waals surface area contributed by atoms with E-state index in [2.05, 4.69) is 30.0 Å². The lowest BCUT2D eigenvalue weighted by Gasteiger charge is -2.41. The lowest BCUT2D eigenvalue weighted by molar-refractivity contribution is -0.0198. The molecule has 1 spiro atoms. The number of allylic oxidation sites excluding steroid dienone is 1. The van der Waals surface area contributed by atoms with Crippen LogP contribution in [-0.4, -0.2) is 13.2 Å². The molecule has 2 aliphatic carbocycles. The summed E-state index contributed by atoms with van der Waals surface area (Å²) in [5, 5.41) is 0. The van der Waals surface area contributed by atoms with Gasteiger partial charge in [-0.05, 0) is 37.8 Å². The third-order valence-corrected chi connectivity index (χ3v) is 4.83. The Labute approximate surface area is 122 Å². The average molecular weight is 266 g/mol. The molecule has 2 aliphatic rings. The molecule has 0 amide bonds. The Morgan fingerprint density at radius 2 is 1.95 bits per heavy atom. The molecule has 0 bridgehead atoms. The van der Waals surface area contributed by atoms with E-state index in [0.717, 1.165) is 12.0 Å². The number of rotatable bonds is 1. The van der Waals surface area contributed by atoms with Crippen molar-refractivity contribution in [2.45, 2.75) is 44.6 Å². The highest BCUT2D eigenvalue weighted by atomic mass is 16.5. The van der Waals surface area contributed by atoms with Gasteiger partial charge in [-0.25, -0.2) is 0 Å². The van der Waals surface area contributed by atoms with Gasteiger partial charge in [-0.15, -0.1) is 0 Å². The summed E-state index contributed by atoms with van der Waals surface area (Å²) in [4.78, 5) is 0. The van der Waals surface area contributed by atoms with Gasteiger partial charge in [0.25, 0.3) is 0 Å². The quantitative estimate of drug-likeness (QED) is 0.687. The number of benzene rings is 1. The highest BCUT2D eigenvalue weighted by Gasteiger charge is 2.45. The molecule has 20 heavy (non-hydrogen) atoms. The maximum atomic E-state index is 5.80. The normalized spacial score (nSPS) is 28.9. The fourth-order valence-electron chi connectivity index (χ4n) is 3.79. The third kappa shape index (κ3) is 2.41. The van der Waals surface area contributed by atoms with Crippen LogP contribution in [0.5, 0.6) is 0 Å². The van der Waals surface area contributed by atoms with Gasteiger partial charge < -0.3 is 4.74 Å². The fourth-order valence-corrected chi connectivity index (χ4v) is 3.79. The van der Waals surface area contributed by atoms with E-state index in [4.69, 9.17) is 4.74 Å². The predicted molar refractivity (Wildman–Crippen MR) is 82.3 cm³/mol. The molecule has 0 heterocycles. The first-order valence-corrected chi connectivity index (χ1v) is 7.66. The highest BCUT2D eigenvalue weighted by Crippen LogP contribution is 2.50. The number of methoxy groups -OCH3 is 1. The zero-order valence-electron chi connectivity index (χ0n) is 12.2. The van der Waals surface area contributed by atoms with E-state index in [1.165, 1.54) is 37.7 Å². The third-order valence-electron chi connectivity index (χ3n) is 4.83. The zero-order valence-corrected chi connectivity index (χ0v) is 12.2. The summed E-state index contributed by atoms with van der Waals surface area (Å²) in [6.07, 6.45) is 10.1. The molecule has 0 radical (unpaired) electrons. The summed E-state index contributed by atoms with van der Waals surface area (Å²) in [7, 11) is 1.86. The van der Waals surface area contributed by atoms with Crippen LogP contribution in [0.1, 0.15) is 44.1 Å². The monoisotopic (exact) mass is 266 g/mol. The SMILES string of the molecule is COC1CCCCC12CCC=C2C#Cc1ccccc1. The van der Waals surface area contributed by atoms with Crippen LogP contribution in [0.15, 0.2) is 42.0 Å². The topological polar surface area (TPSA) is 9.23 Å². The van der Waals surface area contributed by atoms with Gasteiger partial charge in [0, 0.05) is 23.7 Å². The second-order valence-corrected chi connectivity index (χ2v) is 5.90. The molecule has 0 aromatic heterocycles. The second-order valence-electron chi connectivity index (χ2n) is 5.90. The Kier molecular flexibility index (Phi) is 3.94. The molecule has 104 valence electrons. The molecule has 0 aliphatic heterocycles. The lowest BCUT2D eigenvalue weighted by atomic mass is 9.67. The van der Waals surface area contributed by atoms with Gasteiger partial charge >= 0.3 is 0 Å². The molecule has 1 aromatic carbocycles. The van der Waals surface area contributed by atoms with E-state index in [-0.39, 0.29) is 5.41 Å². The Morgan fingerprint density at radius 1 is 1.10 bits per heavy atom. The van der Waals surface area contributed by atoms with Crippen molar-refractivity contribution < 1.29 is 4.74 Å². The fraction of sp³-hybridized carbons (Fsp3) is 0.474. The molecule has 2 atom stereocenters. The van der Waals surface area contributed by atoms with Crippen molar-refractivity contribution in [3.8, 4) is 11.8 Å². The van der Waals surface area contributed by atoms with Gasteiger partial charge in [0.05, 0.1) is 6.10 Å². The van der Waals surface area contributed by atoms with Crippen molar-refractivity contribution in [2.24, 2.45) is 5.41 Å². The number of hydrogen-bond donors (Lipinski definition) is 0. The minimum Gasteiger partial charge on any atom is -0.381 e. The smallest absolute Gasteiger partial charge is 0.0674 e. The molecule has 1 aromatic rings. The Balaban J connectivity index is 1.87. The molecular weight excluding hydrogens is 244 g/mol. The van der Waals surface area contributed by atoms with E-state index in [0.29, 0.717) is 6.10 Å². The number of hydrogen-bond acceptors (Lipinski definition) is 1. The standard InChI is InChI=1S/C19H22O/c1-20-18-11-5-6-14-19(18)15-7-10-17(19)13-12-16-8-3-2-4-9-16/h2-4,8-10,18H,5-7,11,14-15H2,1H3. The van der Waals surface area contributed by atoms with Crippen LogP contribution in [0.4, 0.5) is 0 Å². The molecule has 1 saturated carbocycles. The molecule has 3 rings (SSSR count). The van der Waals surface area contributed by atoms with Crippen LogP contribution in [0.25, 0.3) is 0 Å².